The van der Waals surface area contributed by atoms with E-state index in [2.05, 4.69) is 26.2 Å². The van der Waals surface area contributed by atoms with E-state index in [0.717, 1.165) is 10.9 Å². The van der Waals surface area contributed by atoms with Gasteiger partial charge in [-0.3, -0.25) is 0 Å². The fourth-order valence-corrected chi connectivity index (χ4v) is 2.97. The van der Waals surface area contributed by atoms with E-state index in [9.17, 15) is 0 Å². The Morgan fingerprint density at radius 3 is 2.50 bits per heavy atom. The second-order valence-electron chi connectivity index (χ2n) is 3.68. The van der Waals surface area contributed by atoms with E-state index < -0.39 is 0 Å². The molecule has 0 spiro atoms. The van der Waals surface area contributed by atoms with E-state index in [0.29, 0.717) is 21.4 Å². The molecule has 1 atom stereocenters. The zero-order chi connectivity index (χ0) is 13.3. The monoisotopic (exact) mass is 367 g/mol. The Hall–Kier alpha value is -0.290. The van der Waals surface area contributed by atoms with Crippen molar-refractivity contribution in [2.24, 2.45) is 0 Å². The summed E-state index contributed by atoms with van der Waals surface area (Å²) in [7, 11) is 0. The molecule has 0 N–H and O–H groups in total. The van der Waals surface area contributed by atoms with Crippen LogP contribution in [0.4, 0.5) is 0 Å². The Morgan fingerprint density at radius 2 is 1.94 bits per heavy atom. The lowest BCUT2D eigenvalue weighted by Gasteiger charge is -2.06. The summed E-state index contributed by atoms with van der Waals surface area (Å²) < 4.78 is 2.35. The lowest BCUT2D eigenvalue weighted by molar-refractivity contribution is 0.786. The van der Waals surface area contributed by atoms with Gasteiger partial charge in [0, 0.05) is 4.47 Å². The number of aromatic nitrogens is 3. The maximum absolute atomic E-state index is 6.16. The van der Waals surface area contributed by atoms with Gasteiger partial charge in [-0.2, -0.15) is 0 Å². The molecule has 0 amide bonds. The smallest absolute Gasteiger partial charge is 0.104 e. The van der Waals surface area contributed by atoms with Crippen molar-refractivity contribution in [1.82, 2.24) is 15.0 Å². The molecule has 0 saturated heterocycles. The molecular formula is C11H9BrCl3N3. The lowest BCUT2D eigenvalue weighted by Crippen LogP contribution is -1.97. The highest BCUT2D eigenvalue weighted by Gasteiger charge is 2.15. The molecule has 0 aliphatic carbocycles. The van der Waals surface area contributed by atoms with E-state index >= 15 is 0 Å². The van der Waals surface area contributed by atoms with Crippen molar-refractivity contribution in [2.45, 2.75) is 18.7 Å². The average molecular weight is 369 g/mol. The van der Waals surface area contributed by atoms with Crippen molar-refractivity contribution >= 4 is 50.7 Å². The molecule has 0 radical (unpaired) electrons. The number of nitrogens with zero attached hydrogens (tertiary/aromatic N) is 3. The first-order chi connectivity index (χ1) is 8.52. The normalized spacial score (nSPS) is 12.7. The van der Waals surface area contributed by atoms with Gasteiger partial charge in [-0.05, 0) is 18.6 Å². The van der Waals surface area contributed by atoms with Gasteiger partial charge in [0.1, 0.15) is 11.4 Å². The van der Waals surface area contributed by atoms with Crippen LogP contribution in [0.2, 0.25) is 10.0 Å². The summed E-state index contributed by atoms with van der Waals surface area (Å²) >= 11 is 21.7. The number of halogens is 4. The number of hydrogen-bond donors (Lipinski definition) is 0. The molecule has 1 aromatic carbocycles. The third-order valence-electron chi connectivity index (χ3n) is 2.40. The van der Waals surface area contributed by atoms with E-state index in [4.69, 9.17) is 34.8 Å². The molecule has 96 valence electrons. The summed E-state index contributed by atoms with van der Waals surface area (Å²) in [6.45, 7) is 1.98. The zero-order valence-corrected chi connectivity index (χ0v) is 13.2. The van der Waals surface area contributed by atoms with E-state index in [1.807, 2.05) is 6.92 Å². The van der Waals surface area contributed by atoms with Gasteiger partial charge in [-0.25, -0.2) is 4.68 Å². The van der Waals surface area contributed by atoms with Gasteiger partial charge in [-0.1, -0.05) is 51.3 Å². The minimum atomic E-state index is -0.160. The van der Waals surface area contributed by atoms with Crippen LogP contribution in [-0.2, 0) is 0 Å². The van der Waals surface area contributed by atoms with Crippen molar-refractivity contribution < 1.29 is 0 Å². The molecule has 0 saturated carbocycles. The highest BCUT2D eigenvalue weighted by atomic mass is 79.9. The molecular weight excluding hydrogens is 360 g/mol. The van der Waals surface area contributed by atoms with Gasteiger partial charge in [0.25, 0.3) is 0 Å². The Bertz CT molecular complexity index is 547. The van der Waals surface area contributed by atoms with Gasteiger partial charge in [0.2, 0.25) is 0 Å². The minimum Gasteiger partial charge on any atom is -0.217 e. The van der Waals surface area contributed by atoms with Crippen molar-refractivity contribution in [3.8, 4) is 5.69 Å². The Kier molecular flexibility index (Phi) is 4.54. The zero-order valence-electron chi connectivity index (χ0n) is 9.37. The Balaban J connectivity index is 2.46. The van der Waals surface area contributed by atoms with Gasteiger partial charge < -0.3 is 0 Å². The fourth-order valence-electron chi connectivity index (χ4n) is 1.49. The van der Waals surface area contributed by atoms with Crippen LogP contribution in [0.15, 0.2) is 22.8 Å². The topological polar surface area (TPSA) is 30.7 Å². The summed E-state index contributed by atoms with van der Waals surface area (Å²) in [4.78, 5) is 0. The Morgan fingerprint density at radius 1 is 1.33 bits per heavy atom. The summed E-state index contributed by atoms with van der Waals surface area (Å²) in [5.74, 6) is 0. The standard InChI is InChI=1S/C11H9BrCl3N3/c1-2-7(13)10-5-18(17-16-10)11-8(14)3-6(12)4-9(11)15/h3-5,7H,2H2,1H3. The van der Waals surface area contributed by atoms with Crippen molar-refractivity contribution in [3.63, 3.8) is 0 Å². The summed E-state index contributed by atoms with van der Waals surface area (Å²) in [5.41, 5.74) is 1.30. The molecule has 0 aliphatic heterocycles. The first kappa shape index (κ1) is 14.1. The molecule has 0 fully saturated rings. The molecule has 2 aromatic rings. The van der Waals surface area contributed by atoms with E-state index in [1.54, 1.807) is 18.3 Å². The lowest BCUT2D eigenvalue weighted by atomic mass is 10.2. The first-order valence-electron chi connectivity index (χ1n) is 5.24. The molecule has 1 aromatic heterocycles. The third kappa shape index (κ3) is 2.82. The van der Waals surface area contributed by atoms with Crippen molar-refractivity contribution in [2.75, 3.05) is 0 Å². The second-order valence-corrected chi connectivity index (χ2v) is 5.94. The van der Waals surface area contributed by atoms with Crippen LogP contribution in [0.1, 0.15) is 24.4 Å². The summed E-state index contributed by atoms with van der Waals surface area (Å²) in [5, 5.41) is 8.85. The molecule has 7 heteroatoms. The van der Waals surface area contributed by atoms with Gasteiger partial charge in [0.15, 0.2) is 0 Å². The highest BCUT2D eigenvalue weighted by molar-refractivity contribution is 9.10. The molecule has 2 rings (SSSR count). The largest absolute Gasteiger partial charge is 0.217 e. The molecule has 18 heavy (non-hydrogen) atoms. The quantitative estimate of drug-likeness (QED) is 0.711. The maximum Gasteiger partial charge on any atom is 0.104 e. The predicted octanol–water partition coefficient (Wildman–Crippen LogP) is 5.03. The third-order valence-corrected chi connectivity index (χ3v) is 3.97. The van der Waals surface area contributed by atoms with Gasteiger partial charge in [-0.15, -0.1) is 16.7 Å². The molecule has 3 nitrogen and oxygen atoms in total. The van der Waals surface area contributed by atoms with Crippen LogP contribution in [0, 0.1) is 0 Å². The highest BCUT2D eigenvalue weighted by Crippen LogP contribution is 2.32. The van der Waals surface area contributed by atoms with Crippen LogP contribution in [0.5, 0.6) is 0 Å². The summed E-state index contributed by atoms with van der Waals surface area (Å²) in [6.07, 6.45) is 2.52. The maximum atomic E-state index is 6.16. The fraction of sp³-hybridized carbons (Fsp3) is 0.273. The van der Waals surface area contributed by atoms with Crippen LogP contribution in [0.3, 0.4) is 0 Å². The van der Waals surface area contributed by atoms with Crippen LogP contribution < -0.4 is 0 Å². The Labute approximate surface area is 128 Å². The SMILES string of the molecule is CCC(Cl)c1cn(-c2c(Cl)cc(Br)cc2Cl)nn1. The van der Waals surface area contributed by atoms with Crippen LogP contribution in [-0.4, -0.2) is 15.0 Å². The van der Waals surface area contributed by atoms with Gasteiger partial charge >= 0.3 is 0 Å². The van der Waals surface area contributed by atoms with Crippen molar-refractivity contribution in [3.05, 3.63) is 38.5 Å². The first-order valence-corrected chi connectivity index (χ1v) is 7.22. The number of benzene rings is 1. The molecule has 0 aliphatic rings. The molecule has 0 bridgehead atoms. The van der Waals surface area contributed by atoms with Crippen molar-refractivity contribution in [1.29, 1.82) is 0 Å². The minimum absolute atomic E-state index is 0.160. The number of hydrogen-bond acceptors (Lipinski definition) is 2. The van der Waals surface area contributed by atoms with Crippen LogP contribution in [0.25, 0.3) is 5.69 Å². The van der Waals surface area contributed by atoms with E-state index in [1.165, 1.54) is 4.68 Å². The van der Waals surface area contributed by atoms with E-state index in [-0.39, 0.29) is 5.38 Å². The summed E-state index contributed by atoms with van der Waals surface area (Å²) in [6, 6.07) is 3.50. The van der Waals surface area contributed by atoms with Crippen LogP contribution >= 0.6 is 50.7 Å². The molecule has 1 unspecified atom stereocenters. The number of alkyl halides is 1. The average Bonchev–Trinajstić information content (AvgIpc) is 2.76. The number of rotatable bonds is 3. The second kappa shape index (κ2) is 5.78. The van der Waals surface area contributed by atoms with Gasteiger partial charge in [0.05, 0.1) is 21.6 Å². The predicted molar refractivity (Wildman–Crippen MR) is 78.0 cm³/mol. The molecule has 1 heterocycles.